The van der Waals surface area contributed by atoms with E-state index in [1.54, 1.807) is 11.8 Å². The Morgan fingerprint density at radius 3 is 2.76 bits per heavy atom. The van der Waals surface area contributed by atoms with E-state index in [1.165, 1.54) is 6.26 Å². The fourth-order valence-corrected chi connectivity index (χ4v) is 2.86. The van der Waals surface area contributed by atoms with Crippen molar-refractivity contribution in [2.75, 3.05) is 13.1 Å². The lowest BCUT2D eigenvalue weighted by Gasteiger charge is -2.36. The molecule has 0 saturated carbocycles. The fraction of sp³-hybridized carbons (Fsp3) is 0.353. The standard InChI is InChI=1S/C17H19NO3/c1-17(20)9-5-10-18(12-17)16(19)15-14(8-11-21-15)13-6-3-2-4-7-13/h2-4,6-8,11,20H,5,9-10,12H2,1H3. The van der Waals surface area contributed by atoms with Gasteiger partial charge in [-0.15, -0.1) is 0 Å². The molecular weight excluding hydrogens is 266 g/mol. The molecule has 1 N–H and O–H groups in total. The average Bonchev–Trinajstić information content (AvgIpc) is 2.95. The van der Waals surface area contributed by atoms with Gasteiger partial charge in [-0.3, -0.25) is 4.79 Å². The SMILES string of the molecule is CC1(O)CCCN(C(=O)c2occc2-c2ccccc2)C1. The van der Waals surface area contributed by atoms with Crippen LogP contribution in [0.3, 0.4) is 0 Å². The average molecular weight is 285 g/mol. The number of hydrogen-bond donors (Lipinski definition) is 1. The third-order valence-electron chi connectivity index (χ3n) is 3.91. The van der Waals surface area contributed by atoms with Gasteiger partial charge in [-0.1, -0.05) is 30.3 Å². The van der Waals surface area contributed by atoms with Crippen molar-refractivity contribution in [1.82, 2.24) is 4.90 Å². The van der Waals surface area contributed by atoms with Gasteiger partial charge in [0.25, 0.3) is 5.91 Å². The Morgan fingerprint density at radius 2 is 2.05 bits per heavy atom. The Morgan fingerprint density at radius 1 is 1.29 bits per heavy atom. The highest BCUT2D eigenvalue weighted by atomic mass is 16.3. The second-order valence-electron chi connectivity index (χ2n) is 5.86. The van der Waals surface area contributed by atoms with E-state index >= 15 is 0 Å². The first-order chi connectivity index (χ1) is 10.1. The minimum absolute atomic E-state index is 0.154. The van der Waals surface area contributed by atoms with E-state index in [1.807, 2.05) is 36.4 Å². The summed E-state index contributed by atoms with van der Waals surface area (Å²) in [5.74, 6) is 0.192. The van der Waals surface area contributed by atoms with Crippen molar-refractivity contribution in [3.8, 4) is 11.1 Å². The third kappa shape index (κ3) is 2.85. The predicted octanol–water partition coefficient (Wildman–Crippen LogP) is 2.93. The van der Waals surface area contributed by atoms with Gasteiger partial charge < -0.3 is 14.4 Å². The maximum absolute atomic E-state index is 12.7. The number of hydrogen-bond acceptors (Lipinski definition) is 3. The van der Waals surface area contributed by atoms with Gasteiger partial charge >= 0.3 is 0 Å². The molecular formula is C17H19NO3. The van der Waals surface area contributed by atoms with Crippen molar-refractivity contribution < 1.29 is 14.3 Å². The molecule has 1 aromatic carbocycles. The monoisotopic (exact) mass is 285 g/mol. The lowest BCUT2D eigenvalue weighted by molar-refractivity contribution is -0.0117. The van der Waals surface area contributed by atoms with Crippen LogP contribution < -0.4 is 0 Å². The Labute approximate surface area is 124 Å². The molecule has 1 unspecified atom stereocenters. The van der Waals surface area contributed by atoms with Crippen LogP contribution in [-0.2, 0) is 0 Å². The summed E-state index contributed by atoms with van der Waals surface area (Å²) in [5.41, 5.74) is 0.942. The van der Waals surface area contributed by atoms with Crippen LogP contribution >= 0.6 is 0 Å². The number of benzene rings is 1. The first-order valence-corrected chi connectivity index (χ1v) is 7.21. The van der Waals surface area contributed by atoms with Gasteiger partial charge in [-0.2, -0.15) is 0 Å². The molecule has 4 nitrogen and oxygen atoms in total. The Bertz CT molecular complexity index is 630. The van der Waals surface area contributed by atoms with Crippen molar-refractivity contribution in [1.29, 1.82) is 0 Å². The third-order valence-corrected chi connectivity index (χ3v) is 3.91. The molecule has 1 aromatic heterocycles. The maximum atomic E-state index is 12.7. The number of amides is 1. The van der Waals surface area contributed by atoms with E-state index in [0.717, 1.165) is 24.0 Å². The predicted molar refractivity (Wildman–Crippen MR) is 79.9 cm³/mol. The van der Waals surface area contributed by atoms with Gasteiger partial charge in [-0.25, -0.2) is 0 Å². The Balaban J connectivity index is 1.88. The summed E-state index contributed by atoms with van der Waals surface area (Å²) < 4.78 is 5.43. The van der Waals surface area contributed by atoms with E-state index in [-0.39, 0.29) is 5.91 Å². The van der Waals surface area contributed by atoms with Crippen LogP contribution in [0.15, 0.2) is 47.1 Å². The largest absolute Gasteiger partial charge is 0.459 e. The molecule has 0 bridgehead atoms. The lowest BCUT2D eigenvalue weighted by atomic mass is 9.94. The van der Waals surface area contributed by atoms with Crippen LogP contribution in [0.25, 0.3) is 11.1 Å². The number of carbonyl (C=O) groups excluding carboxylic acids is 1. The number of carbonyl (C=O) groups is 1. The summed E-state index contributed by atoms with van der Waals surface area (Å²) in [6.45, 7) is 2.78. The Hall–Kier alpha value is -2.07. The van der Waals surface area contributed by atoms with Gasteiger partial charge in [0.1, 0.15) is 0 Å². The summed E-state index contributed by atoms with van der Waals surface area (Å²) in [5, 5.41) is 10.2. The molecule has 2 heterocycles. The summed E-state index contributed by atoms with van der Waals surface area (Å²) in [4.78, 5) is 14.3. The molecule has 1 fully saturated rings. The molecule has 4 heteroatoms. The van der Waals surface area contributed by atoms with Gasteiger partial charge in [-0.05, 0) is 31.4 Å². The van der Waals surface area contributed by atoms with Crippen molar-refractivity contribution >= 4 is 5.91 Å². The molecule has 1 aliphatic heterocycles. The Kier molecular flexibility index (Phi) is 3.55. The second kappa shape index (κ2) is 5.37. The molecule has 1 aliphatic rings. The van der Waals surface area contributed by atoms with E-state index in [4.69, 9.17) is 4.42 Å². The van der Waals surface area contributed by atoms with Crippen LogP contribution in [0.1, 0.15) is 30.3 Å². The summed E-state index contributed by atoms with van der Waals surface area (Å²) in [6.07, 6.45) is 3.07. The van der Waals surface area contributed by atoms with Crippen molar-refractivity contribution in [3.63, 3.8) is 0 Å². The van der Waals surface area contributed by atoms with Crippen LogP contribution in [0.2, 0.25) is 0 Å². The van der Waals surface area contributed by atoms with Gasteiger partial charge in [0.2, 0.25) is 0 Å². The number of aliphatic hydroxyl groups is 1. The molecule has 21 heavy (non-hydrogen) atoms. The number of likely N-dealkylation sites (tertiary alicyclic amines) is 1. The van der Waals surface area contributed by atoms with Crippen molar-refractivity contribution in [2.45, 2.75) is 25.4 Å². The first kappa shape index (κ1) is 13.9. The number of rotatable bonds is 2. The smallest absolute Gasteiger partial charge is 0.290 e. The van der Waals surface area contributed by atoms with Crippen LogP contribution in [0.4, 0.5) is 0 Å². The molecule has 110 valence electrons. The van der Waals surface area contributed by atoms with Crippen molar-refractivity contribution in [3.05, 3.63) is 48.4 Å². The highest BCUT2D eigenvalue weighted by Crippen LogP contribution is 2.28. The molecule has 0 radical (unpaired) electrons. The molecule has 1 amide bonds. The zero-order chi connectivity index (χ0) is 14.9. The summed E-state index contributed by atoms with van der Waals surface area (Å²) >= 11 is 0. The highest BCUT2D eigenvalue weighted by molar-refractivity contribution is 5.98. The normalized spacial score (nSPS) is 22.3. The minimum Gasteiger partial charge on any atom is -0.459 e. The maximum Gasteiger partial charge on any atom is 0.290 e. The first-order valence-electron chi connectivity index (χ1n) is 7.21. The second-order valence-corrected chi connectivity index (χ2v) is 5.86. The summed E-state index contributed by atoms with van der Waals surface area (Å²) in [7, 11) is 0. The lowest BCUT2D eigenvalue weighted by Crippen LogP contribution is -2.48. The summed E-state index contributed by atoms with van der Waals surface area (Å²) in [6, 6.07) is 11.5. The molecule has 1 saturated heterocycles. The fourth-order valence-electron chi connectivity index (χ4n) is 2.86. The van der Waals surface area contributed by atoms with E-state index in [2.05, 4.69) is 0 Å². The molecule has 0 spiro atoms. The zero-order valence-electron chi connectivity index (χ0n) is 12.1. The molecule has 1 atom stereocenters. The number of piperidine rings is 1. The topological polar surface area (TPSA) is 53.7 Å². The van der Waals surface area contributed by atoms with E-state index in [9.17, 15) is 9.90 Å². The zero-order valence-corrected chi connectivity index (χ0v) is 12.1. The highest BCUT2D eigenvalue weighted by Gasteiger charge is 2.33. The molecule has 2 aromatic rings. The van der Waals surface area contributed by atoms with Gasteiger partial charge in [0, 0.05) is 18.7 Å². The number of nitrogens with zero attached hydrogens (tertiary/aromatic N) is 1. The van der Waals surface area contributed by atoms with Crippen LogP contribution in [0.5, 0.6) is 0 Å². The molecule has 0 aliphatic carbocycles. The van der Waals surface area contributed by atoms with Crippen LogP contribution in [0, 0.1) is 0 Å². The number of furan rings is 1. The quantitative estimate of drug-likeness (QED) is 0.923. The molecule has 3 rings (SSSR count). The van der Waals surface area contributed by atoms with Gasteiger partial charge in [0.15, 0.2) is 5.76 Å². The van der Waals surface area contributed by atoms with Crippen LogP contribution in [-0.4, -0.2) is 34.6 Å². The number of β-amino-alcohol motifs (C(OH)–C–C–N with tert-alkyl or cyclic N) is 1. The van der Waals surface area contributed by atoms with Gasteiger partial charge in [0.05, 0.1) is 11.9 Å². The van der Waals surface area contributed by atoms with Crippen molar-refractivity contribution in [2.24, 2.45) is 0 Å². The van der Waals surface area contributed by atoms with E-state index < -0.39 is 5.60 Å². The van der Waals surface area contributed by atoms with E-state index in [0.29, 0.717) is 18.8 Å². The minimum atomic E-state index is -0.812.